The second kappa shape index (κ2) is 12.2. The van der Waals surface area contributed by atoms with E-state index >= 15 is 0 Å². The molecule has 2 aliphatic carbocycles. The molecule has 0 spiro atoms. The van der Waals surface area contributed by atoms with E-state index in [1.54, 1.807) is 7.11 Å². The lowest BCUT2D eigenvalue weighted by Crippen LogP contribution is -2.47. The average Bonchev–Trinajstić information content (AvgIpc) is 3.35. The highest BCUT2D eigenvalue weighted by atomic mass is 16.5. The first-order valence-electron chi connectivity index (χ1n) is 14.6. The highest BCUT2D eigenvalue weighted by Crippen LogP contribution is 2.37. The maximum Gasteiger partial charge on any atom is 0.228 e. The number of aryl methyl sites for hydroxylation is 1. The van der Waals surface area contributed by atoms with Crippen LogP contribution in [0.3, 0.4) is 0 Å². The van der Waals surface area contributed by atoms with E-state index in [2.05, 4.69) is 17.1 Å². The summed E-state index contributed by atoms with van der Waals surface area (Å²) in [5.41, 5.74) is 3.95. The number of ether oxygens (including phenoxy) is 1. The molecule has 2 aliphatic rings. The summed E-state index contributed by atoms with van der Waals surface area (Å²) in [6.07, 6.45) is 14.0. The zero-order valence-electron chi connectivity index (χ0n) is 23.0. The van der Waals surface area contributed by atoms with Crippen LogP contribution in [0.4, 0.5) is 0 Å². The van der Waals surface area contributed by atoms with Gasteiger partial charge >= 0.3 is 0 Å². The summed E-state index contributed by atoms with van der Waals surface area (Å²) in [5, 5.41) is 1.08. The summed E-state index contributed by atoms with van der Waals surface area (Å²) in [4.78, 5) is 33.9. The van der Waals surface area contributed by atoms with E-state index in [9.17, 15) is 9.59 Å². The number of H-pyrrole nitrogens is 1. The molecule has 5 heteroatoms. The molecule has 0 aliphatic heterocycles. The molecule has 1 amide bonds. The van der Waals surface area contributed by atoms with Gasteiger partial charge in [-0.3, -0.25) is 9.59 Å². The Morgan fingerprint density at radius 1 is 0.974 bits per heavy atom. The Morgan fingerprint density at radius 2 is 1.68 bits per heavy atom. The number of nitrogens with zero attached hydrogens (tertiary/aromatic N) is 1. The predicted molar refractivity (Wildman–Crippen MR) is 152 cm³/mol. The van der Waals surface area contributed by atoms with E-state index in [-0.39, 0.29) is 17.7 Å². The minimum atomic E-state index is -0.553. The van der Waals surface area contributed by atoms with Crippen LogP contribution >= 0.6 is 0 Å². The summed E-state index contributed by atoms with van der Waals surface area (Å²) in [6, 6.07) is 13.7. The van der Waals surface area contributed by atoms with Crippen molar-refractivity contribution in [1.29, 1.82) is 0 Å². The number of rotatable bonds is 9. The second-order valence-electron chi connectivity index (χ2n) is 11.4. The number of carbonyl (C=O) groups is 2. The van der Waals surface area contributed by atoms with Gasteiger partial charge in [0.25, 0.3) is 0 Å². The number of hydrogen-bond donors (Lipinski definition) is 1. The van der Waals surface area contributed by atoms with Gasteiger partial charge in [-0.2, -0.15) is 0 Å². The number of nitrogens with one attached hydrogen (secondary N) is 1. The van der Waals surface area contributed by atoms with Gasteiger partial charge < -0.3 is 14.6 Å². The van der Waals surface area contributed by atoms with Gasteiger partial charge in [0.05, 0.1) is 13.5 Å². The van der Waals surface area contributed by atoms with Crippen molar-refractivity contribution in [2.75, 3.05) is 7.11 Å². The van der Waals surface area contributed by atoms with E-state index in [0.717, 1.165) is 71.9 Å². The number of fused-ring (bicyclic) bond motifs is 1. The lowest BCUT2D eigenvalue weighted by Gasteiger charge is -2.40. The van der Waals surface area contributed by atoms with Crippen molar-refractivity contribution in [2.45, 2.75) is 96.1 Å². The first-order chi connectivity index (χ1) is 18.5. The number of para-hydroxylation sites is 1. The zero-order valence-corrected chi connectivity index (χ0v) is 23.0. The maximum atomic E-state index is 14.3. The molecule has 2 aromatic carbocycles. The number of ketones is 1. The number of benzene rings is 2. The molecule has 2 fully saturated rings. The number of amides is 1. The molecule has 1 atom stereocenters. The Labute approximate surface area is 226 Å². The number of aromatic amines is 1. The molecule has 0 radical (unpaired) electrons. The van der Waals surface area contributed by atoms with E-state index in [4.69, 9.17) is 4.74 Å². The zero-order chi connectivity index (χ0) is 26.5. The molecule has 1 N–H and O–H groups in total. The quantitative estimate of drug-likeness (QED) is 0.322. The molecule has 1 aromatic heterocycles. The predicted octanol–water partition coefficient (Wildman–Crippen LogP) is 7.47. The van der Waals surface area contributed by atoms with Crippen molar-refractivity contribution in [3.05, 3.63) is 65.4 Å². The fraction of sp³-hybridized carbons (Fsp3) is 0.515. The Balaban J connectivity index is 1.52. The van der Waals surface area contributed by atoms with Gasteiger partial charge in [-0.15, -0.1) is 0 Å². The van der Waals surface area contributed by atoms with Gasteiger partial charge in [0.15, 0.2) is 5.78 Å². The summed E-state index contributed by atoms with van der Waals surface area (Å²) in [6.45, 7) is 2.02. The van der Waals surface area contributed by atoms with Gasteiger partial charge in [0.2, 0.25) is 5.91 Å². The molecule has 1 heterocycles. The van der Waals surface area contributed by atoms with E-state index in [1.165, 1.54) is 25.7 Å². The van der Waals surface area contributed by atoms with Crippen LogP contribution in [0, 0.1) is 12.8 Å². The summed E-state index contributed by atoms with van der Waals surface area (Å²) >= 11 is 0. The van der Waals surface area contributed by atoms with Crippen LogP contribution in [-0.4, -0.2) is 34.7 Å². The fourth-order valence-electron chi connectivity index (χ4n) is 6.81. The first-order valence-corrected chi connectivity index (χ1v) is 14.6. The number of Topliss-reactive ketones (excluding diaryl/α,β-unsaturated/α-hetero) is 1. The van der Waals surface area contributed by atoms with Crippen LogP contribution in [0.2, 0.25) is 0 Å². The first kappa shape index (κ1) is 26.5. The van der Waals surface area contributed by atoms with E-state index in [0.29, 0.717) is 18.8 Å². The highest BCUT2D eigenvalue weighted by molar-refractivity contribution is 5.93. The molecule has 2 saturated carbocycles. The van der Waals surface area contributed by atoms with Gasteiger partial charge in [-0.05, 0) is 60.6 Å². The third-order valence-corrected chi connectivity index (χ3v) is 8.81. The highest BCUT2D eigenvalue weighted by Gasteiger charge is 2.37. The monoisotopic (exact) mass is 514 g/mol. The summed E-state index contributed by atoms with van der Waals surface area (Å²) in [7, 11) is 1.67. The SMILES string of the molecule is COc1ccc(C(C(=O)CC2CCCCC2)N(C(=O)Cc2c[nH]c3ccccc23)C2CCCCC2)cc1C. The summed E-state index contributed by atoms with van der Waals surface area (Å²) < 4.78 is 5.53. The van der Waals surface area contributed by atoms with Crippen molar-refractivity contribution in [2.24, 2.45) is 5.92 Å². The third kappa shape index (κ3) is 5.82. The number of aromatic nitrogens is 1. The molecule has 38 heavy (non-hydrogen) atoms. The smallest absolute Gasteiger partial charge is 0.228 e. The Bertz CT molecular complexity index is 1250. The second-order valence-corrected chi connectivity index (χ2v) is 11.4. The Kier molecular flexibility index (Phi) is 8.51. The van der Waals surface area contributed by atoms with Gasteiger partial charge in [0, 0.05) is 29.6 Å². The van der Waals surface area contributed by atoms with Crippen molar-refractivity contribution in [3.63, 3.8) is 0 Å². The molecule has 5 nitrogen and oxygen atoms in total. The Hall–Kier alpha value is -3.08. The van der Waals surface area contributed by atoms with Crippen LogP contribution in [-0.2, 0) is 16.0 Å². The molecule has 0 saturated heterocycles. The number of carbonyl (C=O) groups excluding carboxylic acids is 2. The van der Waals surface area contributed by atoms with Gasteiger partial charge in [-0.1, -0.05) is 75.6 Å². The third-order valence-electron chi connectivity index (χ3n) is 8.81. The molecular formula is C33H42N2O3. The molecular weight excluding hydrogens is 472 g/mol. The standard InChI is InChI=1S/C33H42N2O3/c1-23-19-25(17-18-31(23)38-2)33(30(36)20-24-11-5-3-6-12-24)35(27-13-7-4-8-14-27)32(37)21-26-22-34-29-16-10-9-15-28(26)29/h9-10,15-19,22,24,27,33-34H,3-8,11-14,20-21H2,1-2H3. The van der Waals surface area contributed by atoms with Crippen molar-refractivity contribution in [3.8, 4) is 5.75 Å². The van der Waals surface area contributed by atoms with Crippen LogP contribution in [0.15, 0.2) is 48.7 Å². The molecule has 5 rings (SSSR count). The van der Waals surface area contributed by atoms with E-state index in [1.807, 2.05) is 48.4 Å². The fourth-order valence-corrected chi connectivity index (χ4v) is 6.81. The lowest BCUT2D eigenvalue weighted by molar-refractivity contribution is -0.143. The molecule has 1 unspecified atom stereocenters. The average molecular weight is 515 g/mol. The van der Waals surface area contributed by atoms with Crippen LogP contribution in [0.5, 0.6) is 5.75 Å². The number of hydrogen-bond acceptors (Lipinski definition) is 3. The van der Waals surface area contributed by atoms with Crippen molar-refractivity contribution in [1.82, 2.24) is 9.88 Å². The normalized spacial score (nSPS) is 17.8. The largest absolute Gasteiger partial charge is 0.496 e. The minimum Gasteiger partial charge on any atom is -0.496 e. The topological polar surface area (TPSA) is 62.4 Å². The molecule has 202 valence electrons. The van der Waals surface area contributed by atoms with Crippen LogP contribution in [0.1, 0.15) is 93.4 Å². The van der Waals surface area contributed by atoms with Crippen molar-refractivity contribution >= 4 is 22.6 Å². The Morgan fingerprint density at radius 3 is 2.39 bits per heavy atom. The van der Waals surface area contributed by atoms with Crippen LogP contribution < -0.4 is 4.74 Å². The minimum absolute atomic E-state index is 0.0529. The van der Waals surface area contributed by atoms with Gasteiger partial charge in [-0.25, -0.2) is 0 Å². The maximum absolute atomic E-state index is 14.3. The van der Waals surface area contributed by atoms with Crippen molar-refractivity contribution < 1.29 is 14.3 Å². The van der Waals surface area contributed by atoms with Crippen LogP contribution in [0.25, 0.3) is 10.9 Å². The molecule has 3 aromatic rings. The molecule has 0 bridgehead atoms. The van der Waals surface area contributed by atoms with E-state index < -0.39 is 6.04 Å². The van der Waals surface area contributed by atoms with Gasteiger partial charge in [0.1, 0.15) is 11.8 Å². The summed E-state index contributed by atoms with van der Waals surface area (Å²) in [5.74, 6) is 1.48. The lowest BCUT2D eigenvalue weighted by atomic mass is 9.82. The number of methoxy groups -OCH3 is 1.